The van der Waals surface area contributed by atoms with E-state index in [1.54, 1.807) is 6.20 Å². The molecule has 1 heterocycles. The van der Waals surface area contributed by atoms with Gasteiger partial charge in [-0.2, -0.15) is 0 Å². The van der Waals surface area contributed by atoms with E-state index in [1.807, 2.05) is 0 Å². The summed E-state index contributed by atoms with van der Waals surface area (Å²) < 4.78 is 40.2. The van der Waals surface area contributed by atoms with Gasteiger partial charge < -0.3 is 0 Å². The van der Waals surface area contributed by atoms with E-state index in [0.717, 1.165) is 12.1 Å². The Balaban J connectivity index is 1.97. The van der Waals surface area contributed by atoms with E-state index in [2.05, 4.69) is 15.0 Å². The first-order valence-electron chi connectivity index (χ1n) is 5.17. The van der Waals surface area contributed by atoms with Crippen molar-refractivity contribution in [3.05, 3.63) is 42.5 Å². The molecule has 2 rings (SSSR count). The quantitative estimate of drug-likeness (QED) is 0.853. The molecule has 0 radical (unpaired) electrons. The third-order valence-electron chi connectivity index (χ3n) is 2.23. The van der Waals surface area contributed by atoms with Gasteiger partial charge in [-0.1, -0.05) is 5.21 Å². The van der Waals surface area contributed by atoms with Crippen LogP contribution in [-0.2, 0) is 16.6 Å². The molecular weight excluding hydrogens is 259 g/mol. The average molecular weight is 270 g/mol. The number of rotatable bonds is 5. The van der Waals surface area contributed by atoms with Crippen LogP contribution in [0.25, 0.3) is 0 Å². The minimum absolute atomic E-state index is 0.0301. The largest absolute Gasteiger partial charge is 0.251 e. The summed E-state index contributed by atoms with van der Waals surface area (Å²) in [5.74, 6) is -0.475. The van der Waals surface area contributed by atoms with Crippen LogP contribution in [0.1, 0.15) is 0 Å². The lowest BCUT2D eigenvalue weighted by Gasteiger charge is -2.06. The Kier molecular flexibility index (Phi) is 3.68. The van der Waals surface area contributed by atoms with Gasteiger partial charge in [-0.15, -0.1) is 5.10 Å². The maximum atomic E-state index is 12.7. The van der Waals surface area contributed by atoms with Gasteiger partial charge in [0.15, 0.2) is 0 Å². The molecule has 8 heteroatoms. The molecule has 6 nitrogen and oxygen atoms in total. The number of sulfonamides is 1. The van der Waals surface area contributed by atoms with Crippen molar-refractivity contribution in [2.45, 2.75) is 11.4 Å². The zero-order valence-corrected chi connectivity index (χ0v) is 10.1. The van der Waals surface area contributed by atoms with E-state index in [0.29, 0.717) is 6.54 Å². The highest BCUT2D eigenvalue weighted by Crippen LogP contribution is 2.09. The van der Waals surface area contributed by atoms with E-state index in [4.69, 9.17) is 0 Å². The van der Waals surface area contributed by atoms with Crippen molar-refractivity contribution < 1.29 is 12.8 Å². The Labute approximate surface area is 103 Å². The van der Waals surface area contributed by atoms with Crippen molar-refractivity contribution >= 4 is 10.0 Å². The summed E-state index contributed by atoms with van der Waals surface area (Å²) in [5.41, 5.74) is 0. The number of nitrogens with zero attached hydrogens (tertiary/aromatic N) is 3. The van der Waals surface area contributed by atoms with Crippen molar-refractivity contribution in [3.63, 3.8) is 0 Å². The summed E-state index contributed by atoms with van der Waals surface area (Å²) in [6, 6.07) is 4.64. The molecular formula is C10H11FN4O2S. The molecule has 0 aliphatic carbocycles. The Morgan fingerprint density at radius 3 is 2.61 bits per heavy atom. The molecule has 2 aromatic rings. The summed E-state index contributed by atoms with van der Waals surface area (Å²) in [4.78, 5) is 0.0301. The Hall–Kier alpha value is -1.80. The number of halogens is 1. The zero-order chi connectivity index (χ0) is 13.0. The molecule has 1 aromatic carbocycles. The van der Waals surface area contributed by atoms with Gasteiger partial charge >= 0.3 is 0 Å². The molecule has 0 spiro atoms. The monoisotopic (exact) mass is 270 g/mol. The number of hydrogen-bond donors (Lipinski definition) is 1. The number of hydrogen-bond acceptors (Lipinski definition) is 4. The van der Waals surface area contributed by atoms with Gasteiger partial charge in [-0.3, -0.25) is 4.68 Å². The summed E-state index contributed by atoms with van der Waals surface area (Å²) in [6.45, 7) is 0.559. The summed E-state index contributed by atoms with van der Waals surface area (Å²) in [5, 5.41) is 7.30. The van der Waals surface area contributed by atoms with Crippen molar-refractivity contribution in [1.82, 2.24) is 19.7 Å². The highest BCUT2D eigenvalue weighted by molar-refractivity contribution is 7.89. The van der Waals surface area contributed by atoms with E-state index in [-0.39, 0.29) is 11.4 Å². The normalized spacial score (nSPS) is 11.6. The van der Waals surface area contributed by atoms with Crippen LogP contribution < -0.4 is 4.72 Å². The maximum Gasteiger partial charge on any atom is 0.240 e. The first-order chi connectivity index (χ1) is 8.58. The Morgan fingerprint density at radius 1 is 1.28 bits per heavy atom. The summed E-state index contributed by atoms with van der Waals surface area (Å²) in [6.07, 6.45) is 3.14. The van der Waals surface area contributed by atoms with Gasteiger partial charge in [0.1, 0.15) is 5.82 Å². The molecule has 0 saturated heterocycles. The molecule has 96 valence electrons. The molecule has 0 aliphatic heterocycles. The van der Waals surface area contributed by atoms with Crippen molar-refractivity contribution in [3.8, 4) is 0 Å². The van der Waals surface area contributed by atoms with Crippen LogP contribution in [0.5, 0.6) is 0 Å². The minimum atomic E-state index is -3.61. The lowest BCUT2D eigenvalue weighted by molar-refractivity contribution is 0.552. The van der Waals surface area contributed by atoms with Gasteiger partial charge in [0.25, 0.3) is 0 Å². The average Bonchev–Trinajstić information content (AvgIpc) is 2.82. The standard InChI is InChI=1S/C10H11FN4O2S/c11-9-1-3-10(4-2-9)18(16,17)13-6-8-15-7-5-12-14-15/h1-5,7,13H,6,8H2. The molecule has 18 heavy (non-hydrogen) atoms. The molecule has 0 aliphatic rings. The Bertz CT molecular complexity index is 595. The zero-order valence-electron chi connectivity index (χ0n) is 9.32. The molecule has 0 saturated carbocycles. The van der Waals surface area contributed by atoms with E-state index < -0.39 is 15.8 Å². The first kappa shape index (κ1) is 12.7. The topological polar surface area (TPSA) is 76.9 Å². The van der Waals surface area contributed by atoms with Crippen molar-refractivity contribution in [2.75, 3.05) is 6.54 Å². The molecule has 0 fully saturated rings. The molecule has 0 amide bonds. The minimum Gasteiger partial charge on any atom is -0.251 e. The van der Waals surface area contributed by atoms with Gasteiger partial charge in [0, 0.05) is 12.7 Å². The van der Waals surface area contributed by atoms with Crippen molar-refractivity contribution in [2.24, 2.45) is 0 Å². The van der Waals surface area contributed by atoms with Gasteiger partial charge in [-0.25, -0.2) is 17.5 Å². The van der Waals surface area contributed by atoms with Crippen LogP contribution >= 0.6 is 0 Å². The third kappa shape index (κ3) is 3.11. The van der Waals surface area contributed by atoms with Crippen molar-refractivity contribution in [1.29, 1.82) is 0 Å². The highest BCUT2D eigenvalue weighted by atomic mass is 32.2. The second-order valence-electron chi connectivity index (χ2n) is 3.52. The third-order valence-corrected chi connectivity index (χ3v) is 3.71. The lowest BCUT2D eigenvalue weighted by atomic mass is 10.4. The van der Waals surface area contributed by atoms with E-state index in [1.165, 1.54) is 23.0 Å². The fourth-order valence-corrected chi connectivity index (χ4v) is 2.36. The molecule has 0 atom stereocenters. The fourth-order valence-electron chi connectivity index (χ4n) is 1.34. The van der Waals surface area contributed by atoms with Crippen LogP contribution in [0.3, 0.4) is 0 Å². The number of nitrogens with one attached hydrogen (secondary N) is 1. The predicted octanol–water partition coefficient (Wildman–Crippen LogP) is 0.396. The smallest absolute Gasteiger partial charge is 0.240 e. The van der Waals surface area contributed by atoms with Gasteiger partial charge in [0.2, 0.25) is 10.0 Å². The second-order valence-corrected chi connectivity index (χ2v) is 5.28. The lowest BCUT2D eigenvalue weighted by Crippen LogP contribution is -2.27. The SMILES string of the molecule is O=S(=O)(NCCn1ccnn1)c1ccc(F)cc1. The second kappa shape index (κ2) is 5.23. The number of benzene rings is 1. The van der Waals surface area contributed by atoms with Crippen LogP contribution in [0.15, 0.2) is 41.6 Å². The molecule has 0 bridgehead atoms. The highest BCUT2D eigenvalue weighted by Gasteiger charge is 2.12. The van der Waals surface area contributed by atoms with Crippen LogP contribution in [0, 0.1) is 5.82 Å². The van der Waals surface area contributed by atoms with E-state index in [9.17, 15) is 12.8 Å². The molecule has 0 unspecified atom stereocenters. The molecule has 1 N–H and O–H groups in total. The summed E-state index contributed by atoms with van der Waals surface area (Å²) in [7, 11) is -3.61. The van der Waals surface area contributed by atoms with Gasteiger partial charge in [-0.05, 0) is 24.3 Å². The number of aromatic nitrogens is 3. The summed E-state index contributed by atoms with van der Waals surface area (Å²) >= 11 is 0. The fraction of sp³-hybridized carbons (Fsp3) is 0.200. The van der Waals surface area contributed by atoms with Crippen LogP contribution in [0.4, 0.5) is 4.39 Å². The van der Waals surface area contributed by atoms with Crippen LogP contribution in [-0.4, -0.2) is 30.0 Å². The predicted molar refractivity (Wildman–Crippen MR) is 61.6 cm³/mol. The Morgan fingerprint density at radius 2 is 2.00 bits per heavy atom. The maximum absolute atomic E-state index is 12.7. The van der Waals surface area contributed by atoms with Crippen LogP contribution in [0.2, 0.25) is 0 Å². The first-order valence-corrected chi connectivity index (χ1v) is 6.65. The molecule has 1 aromatic heterocycles. The van der Waals surface area contributed by atoms with Gasteiger partial charge in [0.05, 0.1) is 17.6 Å². The van der Waals surface area contributed by atoms with E-state index >= 15 is 0 Å².